The molecule has 1 N–H and O–H groups in total. The van der Waals surface area contributed by atoms with Gasteiger partial charge in [0.2, 0.25) is 11.8 Å². The van der Waals surface area contributed by atoms with Gasteiger partial charge in [0, 0.05) is 25.2 Å². The van der Waals surface area contributed by atoms with E-state index in [0.29, 0.717) is 19.7 Å². The van der Waals surface area contributed by atoms with Gasteiger partial charge in [-0.1, -0.05) is 0 Å². The van der Waals surface area contributed by atoms with Crippen molar-refractivity contribution in [3.63, 3.8) is 0 Å². The Balaban J connectivity index is 1.36. The molecule has 2 amide bonds. The first kappa shape index (κ1) is 20.5. The van der Waals surface area contributed by atoms with Gasteiger partial charge in [-0.3, -0.25) is 14.5 Å². The molecule has 0 spiro atoms. The third kappa shape index (κ3) is 4.51. The largest absolute Gasteiger partial charge is 0.494 e. The quantitative estimate of drug-likeness (QED) is 0.723. The molecule has 1 aromatic heterocycles. The molecular weight excluding hydrogens is 382 g/mol. The lowest BCUT2D eigenvalue weighted by Gasteiger charge is -2.26. The summed E-state index contributed by atoms with van der Waals surface area (Å²) in [6.45, 7) is 5.43. The number of furan rings is 1. The number of ether oxygens (including phenoxy) is 1. The first-order valence-electron chi connectivity index (χ1n) is 10.7. The van der Waals surface area contributed by atoms with Gasteiger partial charge in [0.15, 0.2) is 0 Å². The number of anilines is 1. The van der Waals surface area contributed by atoms with Crippen LogP contribution in [0.1, 0.15) is 38.0 Å². The topological polar surface area (TPSA) is 75.0 Å². The summed E-state index contributed by atoms with van der Waals surface area (Å²) in [5.74, 6) is 1.19. The molecule has 7 heteroatoms. The summed E-state index contributed by atoms with van der Waals surface area (Å²) in [6, 6.07) is 11.3. The Bertz CT molecular complexity index is 844. The molecule has 2 aliphatic rings. The van der Waals surface area contributed by atoms with Crippen LogP contribution in [-0.4, -0.2) is 49.5 Å². The van der Waals surface area contributed by atoms with Crippen molar-refractivity contribution in [2.45, 2.75) is 32.2 Å². The monoisotopic (exact) mass is 411 g/mol. The average Bonchev–Trinajstić information content (AvgIpc) is 3.52. The van der Waals surface area contributed by atoms with Crippen LogP contribution in [0.4, 0.5) is 5.69 Å². The van der Waals surface area contributed by atoms with E-state index in [1.807, 2.05) is 43.3 Å². The second-order valence-corrected chi connectivity index (χ2v) is 7.85. The van der Waals surface area contributed by atoms with E-state index in [-0.39, 0.29) is 30.2 Å². The Morgan fingerprint density at radius 3 is 2.67 bits per heavy atom. The molecule has 0 radical (unpaired) electrons. The highest BCUT2D eigenvalue weighted by molar-refractivity contribution is 6.00. The minimum atomic E-state index is -0.347. The number of hydrogen-bond donors (Lipinski definition) is 1. The first-order valence-corrected chi connectivity index (χ1v) is 10.7. The fraction of sp³-hybridized carbons (Fsp3) is 0.478. The molecule has 3 heterocycles. The number of nitrogens with one attached hydrogen (secondary N) is 1. The predicted molar refractivity (Wildman–Crippen MR) is 113 cm³/mol. The molecular formula is C23H29N3O4. The molecule has 2 aromatic rings. The van der Waals surface area contributed by atoms with Crippen molar-refractivity contribution in [2.75, 3.05) is 37.7 Å². The zero-order chi connectivity index (χ0) is 20.9. The lowest BCUT2D eigenvalue weighted by atomic mass is 10.1. The van der Waals surface area contributed by atoms with Crippen LogP contribution in [0.3, 0.4) is 0 Å². The lowest BCUT2D eigenvalue weighted by Crippen LogP contribution is -2.39. The normalized spacial score (nSPS) is 20.5. The molecule has 0 saturated carbocycles. The Kier molecular flexibility index (Phi) is 6.38. The number of benzene rings is 1. The van der Waals surface area contributed by atoms with Crippen LogP contribution in [0.15, 0.2) is 47.1 Å². The number of hydrogen-bond acceptors (Lipinski definition) is 5. The summed E-state index contributed by atoms with van der Waals surface area (Å²) >= 11 is 0. The highest BCUT2D eigenvalue weighted by Gasteiger charge is 2.36. The number of rotatable bonds is 8. The van der Waals surface area contributed by atoms with Crippen LogP contribution < -0.4 is 15.0 Å². The summed E-state index contributed by atoms with van der Waals surface area (Å²) in [5, 5.41) is 3.07. The van der Waals surface area contributed by atoms with Crippen molar-refractivity contribution in [2.24, 2.45) is 5.92 Å². The van der Waals surface area contributed by atoms with E-state index < -0.39 is 0 Å². The van der Waals surface area contributed by atoms with Crippen molar-refractivity contribution >= 4 is 17.5 Å². The van der Waals surface area contributed by atoms with E-state index in [1.54, 1.807) is 11.2 Å². The van der Waals surface area contributed by atoms with Crippen LogP contribution in [0.2, 0.25) is 0 Å². The van der Waals surface area contributed by atoms with Crippen LogP contribution in [0.5, 0.6) is 5.75 Å². The number of amides is 2. The molecule has 0 unspecified atom stereocenters. The molecule has 2 atom stereocenters. The Morgan fingerprint density at radius 2 is 2.00 bits per heavy atom. The molecule has 2 aliphatic heterocycles. The molecule has 2 saturated heterocycles. The summed E-state index contributed by atoms with van der Waals surface area (Å²) in [5.41, 5.74) is 0.796. The van der Waals surface area contributed by atoms with Crippen LogP contribution in [-0.2, 0) is 9.59 Å². The highest BCUT2D eigenvalue weighted by atomic mass is 16.5. The smallest absolute Gasteiger partial charge is 0.227 e. The summed E-state index contributed by atoms with van der Waals surface area (Å²) < 4.78 is 11.1. The molecule has 1 aromatic carbocycles. The molecule has 4 rings (SSSR count). The molecule has 2 fully saturated rings. The maximum atomic E-state index is 12.8. The van der Waals surface area contributed by atoms with Crippen molar-refractivity contribution in [3.05, 3.63) is 48.4 Å². The minimum Gasteiger partial charge on any atom is -0.494 e. The number of likely N-dealkylation sites (tertiary alicyclic amines) is 1. The van der Waals surface area contributed by atoms with Crippen LogP contribution in [0.25, 0.3) is 0 Å². The van der Waals surface area contributed by atoms with E-state index in [4.69, 9.17) is 9.15 Å². The Hall–Kier alpha value is -2.80. The van der Waals surface area contributed by atoms with Crippen LogP contribution >= 0.6 is 0 Å². The van der Waals surface area contributed by atoms with Gasteiger partial charge in [-0.05, 0) is 69.3 Å². The zero-order valence-electron chi connectivity index (χ0n) is 17.4. The van der Waals surface area contributed by atoms with E-state index in [2.05, 4.69) is 10.2 Å². The molecule has 30 heavy (non-hydrogen) atoms. The first-order chi connectivity index (χ1) is 14.7. The second-order valence-electron chi connectivity index (χ2n) is 7.85. The number of carbonyl (C=O) groups is 2. The molecule has 7 nitrogen and oxygen atoms in total. The summed E-state index contributed by atoms with van der Waals surface area (Å²) in [7, 11) is 0. The van der Waals surface area contributed by atoms with Crippen molar-refractivity contribution in [3.8, 4) is 5.75 Å². The highest BCUT2D eigenvalue weighted by Crippen LogP contribution is 2.28. The van der Waals surface area contributed by atoms with Gasteiger partial charge < -0.3 is 19.4 Å². The minimum absolute atomic E-state index is 0.0264. The van der Waals surface area contributed by atoms with E-state index in [0.717, 1.165) is 30.3 Å². The van der Waals surface area contributed by atoms with Gasteiger partial charge >= 0.3 is 0 Å². The average molecular weight is 412 g/mol. The Labute approximate surface area is 177 Å². The van der Waals surface area contributed by atoms with Crippen molar-refractivity contribution < 1.29 is 18.7 Å². The third-order valence-electron chi connectivity index (χ3n) is 5.88. The SMILES string of the molecule is CCOc1ccc(N2C[C@@H](C(=O)NC[C@@H](c3ccco3)N3CCCC3)CC2=O)cc1. The predicted octanol–water partition coefficient (Wildman–Crippen LogP) is 2.98. The molecule has 0 bridgehead atoms. The lowest BCUT2D eigenvalue weighted by molar-refractivity contribution is -0.126. The third-order valence-corrected chi connectivity index (χ3v) is 5.88. The molecule has 160 valence electrons. The van der Waals surface area contributed by atoms with Gasteiger partial charge in [-0.15, -0.1) is 0 Å². The summed E-state index contributed by atoms with van der Waals surface area (Å²) in [6.07, 6.45) is 4.23. The van der Waals surface area contributed by atoms with E-state index >= 15 is 0 Å². The maximum Gasteiger partial charge on any atom is 0.227 e. The van der Waals surface area contributed by atoms with Gasteiger partial charge in [-0.25, -0.2) is 0 Å². The van der Waals surface area contributed by atoms with Gasteiger partial charge in [0.25, 0.3) is 0 Å². The van der Waals surface area contributed by atoms with E-state index in [9.17, 15) is 9.59 Å². The van der Waals surface area contributed by atoms with E-state index in [1.165, 1.54) is 12.8 Å². The van der Waals surface area contributed by atoms with Crippen LogP contribution in [0, 0.1) is 5.92 Å². The number of carbonyl (C=O) groups excluding carboxylic acids is 2. The standard InChI is InChI=1S/C23H29N3O4/c1-2-29-19-9-7-18(8-10-19)26-16-17(14-22(26)27)23(28)24-15-20(21-6-5-13-30-21)25-11-3-4-12-25/h5-10,13,17,20H,2-4,11-12,14-16H2,1H3,(H,24,28)/t17-,20-/m0/s1. The van der Waals surface area contributed by atoms with Gasteiger partial charge in [0.1, 0.15) is 11.5 Å². The second kappa shape index (κ2) is 9.34. The number of nitrogens with zero attached hydrogens (tertiary/aromatic N) is 2. The fourth-order valence-electron chi connectivity index (χ4n) is 4.31. The van der Waals surface area contributed by atoms with Gasteiger partial charge in [0.05, 0.1) is 24.8 Å². The summed E-state index contributed by atoms with van der Waals surface area (Å²) in [4.78, 5) is 29.4. The maximum absolute atomic E-state index is 12.8. The Morgan fingerprint density at radius 1 is 1.23 bits per heavy atom. The fourth-order valence-corrected chi connectivity index (χ4v) is 4.31. The van der Waals surface area contributed by atoms with Crippen molar-refractivity contribution in [1.82, 2.24) is 10.2 Å². The molecule has 0 aliphatic carbocycles. The van der Waals surface area contributed by atoms with Crippen molar-refractivity contribution in [1.29, 1.82) is 0 Å². The van der Waals surface area contributed by atoms with Gasteiger partial charge in [-0.2, -0.15) is 0 Å². The zero-order valence-corrected chi connectivity index (χ0v) is 17.4.